The van der Waals surface area contributed by atoms with Crippen LogP contribution in [0.2, 0.25) is 0 Å². The predicted molar refractivity (Wildman–Crippen MR) is 107 cm³/mol. The molecule has 1 heterocycles. The van der Waals surface area contributed by atoms with Gasteiger partial charge in [-0.25, -0.2) is 4.79 Å². The molecule has 0 N–H and O–H groups in total. The lowest BCUT2D eigenvalue weighted by Gasteiger charge is -2.20. The molecule has 1 aromatic heterocycles. The molecule has 2 aromatic rings. The molecular formula is C22H26N2O3. The van der Waals surface area contributed by atoms with Gasteiger partial charge in [0.15, 0.2) is 6.61 Å². The van der Waals surface area contributed by atoms with Crippen LogP contribution in [0.25, 0.3) is 6.08 Å². The maximum atomic E-state index is 12.4. The summed E-state index contributed by atoms with van der Waals surface area (Å²) in [6.07, 6.45) is 5.60. The van der Waals surface area contributed by atoms with Crippen LogP contribution in [0.5, 0.6) is 0 Å². The topological polar surface area (TPSA) is 51.5 Å². The minimum Gasteiger partial charge on any atom is -0.452 e. The SMILES string of the molecule is CCN(C(=O)COC(=O)/C=C/c1cc(C)n(C2CC2)c1C)c1ccccc1. The van der Waals surface area contributed by atoms with Crippen molar-refractivity contribution >= 4 is 23.6 Å². The first-order valence-corrected chi connectivity index (χ1v) is 9.40. The Kier molecular flexibility index (Phi) is 5.79. The lowest BCUT2D eigenvalue weighted by molar-refractivity contribution is -0.142. The highest BCUT2D eigenvalue weighted by molar-refractivity contribution is 5.96. The summed E-state index contributed by atoms with van der Waals surface area (Å²) < 4.78 is 7.47. The molecule has 0 aliphatic heterocycles. The van der Waals surface area contributed by atoms with E-state index in [1.807, 2.05) is 37.3 Å². The van der Waals surface area contributed by atoms with Gasteiger partial charge in [0.25, 0.3) is 5.91 Å². The molecule has 0 radical (unpaired) electrons. The molecule has 142 valence electrons. The van der Waals surface area contributed by atoms with E-state index in [0.717, 1.165) is 16.9 Å². The van der Waals surface area contributed by atoms with E-state index in [2.05, 4.69) is 24.5 Å². The van der Waals surface area contributed by atoms with Crippen molar-refractivity contribution in [2.24, 2.45) is 0 Å². The molecule has 5 heteroatoms. The van der Waals surface area contributed by atoms with E-state index in [1.54, 1.807) is 11.0 Å². The molecule has 0 unspecified atom stereocenters. The smallest absolute Gasteiger partial charge is 0.331 e. The van der Waals surface area contributed by atoms with Crippen LogP contribution in [0.3, 0.4) is 0 Å². The van der Waals surface area contributed by atoms with Gasteiger partial charge in [0.2, 0.25) is 0 Å². The number of para-hydroxylation sites is 1. The second kappa shape index (κ2) is 8.25. The summed E-state index contributed by atoms with van der Waals surface area (Å²) in [6, 6.07) is 12.0. The van der Waals surface area contributed by atoms with Crippen LogP contribution in [0.1, 0.15) is 42.8 Å². The van der Waals surface area contributed by atoms with Crippen LogP contribution in [0.15, 0.2) is 42.5 Å². The number of hydrogen-bond acceptors (Lipinski definition) is 3. The van der Waals surface area contributed by atoms with Gasteiger partial charge >= 0.3 is 5.97 Å². The predicted octanol–water partition coefficient (Wildman–Crippen LogP) is 4.05. The van der Waals surface area contributed by atoms with Crippen LogP contribution in [-0.4, -0.2) is 29.6 Å². The zero-order chi connectivity index (χ0) is 19.4. The van der Waals surface area contributed by atoms with Crippen molar-refractivity contribution in [3.8, 4) is 0 Å². The molecule has 1 amide bonds. The second-order valence-electron chi connectivity index (χ2n) is 6.84. The fraction of sp³-hybridized carbons (Fsp3) is 0.364. The standard InChI is InChI=1S/C22H26N2O3/c1-4-23(19-8-6-5-7-9-19)21(25)15-27-22(26)13-10-18-14-16(2)24(17(18)3)20-11-12-20/h5-10,13-14,20H,4,11-12,15H2,1-3H3/b13-10+. The first-order chi connectivity index (χ1) is 13.0. The Bertz CT molecular complexity index is 848. The van der Waals surface area contributed by atoms with Crippen molar-refractivity contribution < 1.29 is 14.3 Å². The Hall–Kier alpha value is -2.82. The highest BCUT2D eigenvalue weighted by atomic mass is 16.5. The fourth-order valence-electron chi connectivity index (χ4n) is 3.39. The Morgan fingerprint density at radius 2 is 1.93 bits per heavy atom. The molecule has 0 bridgehead atoms. The number of amides is 1. The zero-order valence-corrected chi connectivity index (χ0v) is 16.1. The molecule has 1 aliphatic rings. The maximum absolute atomic E-state index is 12.4. The zero-order valence-electron chi connectivity index (χ0n) is 16.1. The fourth-order valence-corrected chi connectivity index (χ4v) is 3.39. The third-order valence-corrected chi connectivity index (χ3v) is 4.86. The van der Waals surface area contributed by atoms with E-state index in [4.69, 9.17) is 4.74 Å². The number of ether oxygens (including phenoxy) is 1. The van der Waals surface area contributed by atoms with E-state index in [1.165, 1.54) is 24.6 Å². The van der Waals surface area contributed by atoms with Gasteiger partial charge in [-0.1, -0.05) is 18.2 Å². The van der Waals surface area contributed by atoms with Crippen LogP contribution >= 0.6 is 0 Å². The number of rotatable bonds is 7. The average molecular weight is 366 g/mol. The molecule has 1 aliphatic carbocycles. The van der Waals surface area contributed by atoms with Crippen molar-refractivity contribution in [1.29, 1.82) is 0 Å². The number of carbonyl (C=O) groups excluding carboxylic acids is 2. The van der Waals surface area contributed by atoms with Gasteiger partial charge in [-0.2, -0.15) is 0 Å². The van der Waals surface area contributed by atoms with E-state index in [9.17, 15) is 9.59 Å². The lowest BCUT2D eigenvalue weighted by Crippen LogP contribution is -2.34. The quantitative estimate of drug-likeness (QED) is 0.549. The molecule has 1 aromatic carbocycles. The van der Waals surface area contributed by atoms with Gasteiger partial charge in [0.1, 0.15) is 0 Å². The van der Waals surface area contributed by atoms with E-state index in [0.29, 0.717) is 12.6 Å². The number of aryl methyl sites for hydroxylation is 1. The van der Waals surface area contributed by atoms with Crippen molar-refractivity contribution in [2.45, 2.75) is 39.7 Å². The number of esters is 1. The molecule has 0 spiro atoms. The van der Waals surface area contributed by atoms with Gasteiger partial charge in [0.05, 0.1) is 0 Å². The number of anilines is 1. The van der Waals surface area contributed by atoms with Crippen LogP contribution in [-0.2, 0) is 14.3 Å². The molecule has 1 saturated carbocycles. The summed E-state index contributed by atoms with van der Waals surface area (Å²) in [5, 5.41) is 0. The molecular weight excluding hydrogens is 340 g/mol. The molecule has 3 rings (SSSR count). The normalized spacial score (nSPS) is 13.7. The third-order valence-electron chi connectivity index (χ3n) is 4.86. The van der Waals surface area contributed by atoms with Crippen LogP contribution in [0.4, 0.5) is 5.69 Å². The van der Waals surface area contributed by atoms with E-state index >= 15 is 0 Å². The van der Waals surface area contributed by atoms with Crippen molar-refractivity contribution in [3.05, 3.63) is 59.4 Å². The summed E-state index contributed by atoms with van der Waals surface area (Å²) in [5.74, 6) is -0.749. The second-order valence-corrected chi connectivity index (χ2v) is 6.84. The van der Waals surface area contributed by atoms with E-state index in [-0.39, 0.29) is 12.5 Å². The minimum atomic E-state index is -0.510. The Morgan fingerprint density at radius 3 is 2.56 bits per heavy atom. The number of benzene rings is 1. The number of hydrogen-bond donors (Lipinski definition) is 0. The summed E-state index contributed by atoms with van der Waals surface area (Å²) in [7, 11) is 0. The molecule has 1 fully saturated rings. The molecule has 0 atom stereocenters. The van der Waals surface area contributed by atoms with Crippen molar-refractivity contribution in [2.75, 3.05) is 18.1 Å². The highest BCUT2D eigenvalue weighted by Crippen LogP contribution is 2.38. The van der Waals surface area contributed by atoms with Crippen LogP contribution < -0.4 is 4.90 Å². The average Bonchev–Trinajstić information content (AvgIpc) is 3.45. The summed E-state index contributed by atoms with van der Waals surface area (Å²) in [4.78, 5) is 26.0. The van der Waals surface area contributed by atoms with Gasteiger partial charge in [-0.15, -0.1) is 0 Å². The van der Waals surface area contributed by atoms with Crippen LogP contribution in [0, 0.1) is 13.8 Å². The molecule has 5 nitrogen and oxygen atoms in total. The number of likely N-dealkylation sites (N-methyl/N-ethyl adjacent to an activating group) is 1. The number of aromatic nitrogens is 1. The summed E-state index contributed by atoms with van der Waals surface area (Å²) >= 11 is 0. The van der Waals surface area contributed by atoms with E-state index < -0.39 is 5.97 Å². The van der Waals surface area contributed by atoms with Gasteiger partial charge in [-0.05, 0) is 63.5 Å². The van der Waals surface area contributed by atoms with Crippen molar-refractivity contribution in [3.63, 3.8) is 0 Å². The minimum absolute atomic E-state index is 0.239. The number of nitrogens with zero attached hydrogens (tertiary/aromatic N) is 2. The first-order valence-electron chi connectivity index (χ1n) is 9.40. The highest BCUT2D eigenvalue weighted by Gasteiger charge is 2.26. The summed E-state index contributed by atoms with van der Waals surface area (Å²) in [6.45, 7) is 6.29. The monoisotopic (exact) mass is 366 g/mol. The Balaban J connectivity index is 1.57. The number of carbonyl (C=O) groups is 2. The Labute approximate surface area is 160 Å². The van der Waals surface area contributed by atoms with Gasteiger partial charge in [0, 0.05) is 35.7 Å². The maximum Gasteiger partial charge on any atom is 0.331 e. The largest absolute Gasteiger partial charge is 0.452 e. The van der Waals surface area contributed by atoms with Gasteiger partial charge < -0.3 is 14.2 Å². The first kappa shape index (κ1) is 19.0. The lowest BCUT2D eigenvalue weighted by atomic mass is 10.2. The third kappa shape index (κ3) is 4.48. The summed E-state index contributed by atoms with van der Waals surface area (Å²) in [5.41, 5.74) is 4.18. The van der Waals surface area contributed by atoms with Gasteiger partial charge in [-0.3, -0.25) is 4.79 Å². The molecule has 27 heavy (non-hydrogen) atoms. The molecule has 0 saturated heterocycles. The van der Waals surface area contributed by atoms with Crippen molar-refractivity contribution in [1.82, 2.24) is 4.57 Å². The Morgan fingerprint density at radius 1 is 1.22 bits per heavy atom.